The van der Waals surface area contributed by atoms with Crippen molar-refractivity contribution in [1.82, 2.24) is 0 Å². The first-order valence-corrected chi connectivity index (χ1v) is 5.18. The van der Waals surface area contributed by atoms with Crippen LogP contribution in [0.1, 0.15) is 25.7 Å². The molecule has 0 aromatic carbocycles. The molecule has 0 aromatic rings. The fourth-order valence-electron chi connectivity index (χ4n) is 0.744. The lowest BCUT2D eigenvalue weighted by molar-refractivity contribution is 0.460. The Balaban J connectivity index is 3.22. The van der Waals surface area contributed by atoms with Gasteiger partial charge in [0, 0.05) is 5.75 Å². The predicted octanol–water partition coefficient (Wildman–Crippen LogP) is 1.28. The van der Waals surface area contributed by atoms with Crippen molar-refractivity contribution in [3.63, 3.8) is 0 Å². The number of allylic oxidation sites excluding steroid dienone is 1. The number of unbranched alkanes of at least 4 members (excludes halogenated alkanes) is 3. The summed E-state index contributed by atoms with van der Waals surface area (Å²) >= 11 is 0. The molecule has 0 aromatic heterocycles. The van der Waals surface area contributed by atoms with Gasteiger partial charge < -0.3 is 4.55 Å². The summed E-state index contributed by atoms with van der Waals surface area (Å²) in [6.45, 7) is 3.53. The zero-order chi connectivity index (χ0) is 8.74. The monoisotopic (exact) mass is 177 g/mol. The van der Waals surface area contributed by atoms with Crippen LogP contribution in [-0.2, 0) is 10.1 Å². The Morgan fingerprint density at radius 1 is 1.27 bits per heavy atom. The van der Waals surface area contributed by atoms with Crippen LogP contribution in [0.25, 0.3) is 0 Å². The highest BCUT2D eigenvalue weighted by atomic mass is 32.2. The quantitative estimate of drug-likeness (QED) is 0.349. The van der Waals surface area contributed by atoms with Crippen LogP contribution in [0.2, 0.25) is 0 Å². The van der Waals surface area contributed by atoms with Crippen LogP contribution >= 0.6 is 0 Å². The standard InChI is InChI=1S/C7H14O3S/c1-2-3-4-5-6-7-11(8,9)10/h2H,1,3-7H2,(H,8,9,10)/p-1. The Morgan fingerprint density at radius 2 is 1.91 bits per heavy atom. The van der Waals surface area contributed by atoms with Gasteiger partial charge in [-0.15, -0.1) is 6.58 Å². The van der Waals surface area contributed by atoms with Gasteiger partial charge in [0.25, 0.3) is 0 Å². The topological polar surface area (TPSA) is 57.2 Å². The molecular weight excluding hydrogens is 164 g/mol. The maximum atomic E-state index is 10.1. The molecule has 0 bridgehead atoms. The summed E-state index contributed by atoms with van der Waals surface area (Å²) in [6.07, 6.45) is 4.84. The molecule has 11 heavy (non-hydrogen) atoms. The van der Waals surface area contributed by atoms with E-state index >= 15 is 0 Å². The van der Waals surface area contributed by atoms with Crippen molar-refractivity contribution < 1.29 is 13.0 Å². The maximum absolute atomic E-state index is 10.1. The number of hydrogen-bond donors (Lipinski definition) is 0. The third kappa shape index (κ3) is 9.65. The first-order chi connectivity index (χ1) is 5.06. The zero-order valence-electron chi connectivity index (χ0n) is 6.45. The van der Waals surface area contributed by atoms with E-state index in [0.717, 1.165) is 19.3 Å². The molecule has 0 aliphatic rings. The van der Waals surface area contributed by atoms with Crippen molar-refractivity contribution in [2.24, 2.45) is 0 Å². The Bertz CT molecular complexity index is 194. The molecular formula is C7H13O3S-. The van der Waals surface area contributed by atoms with Gasteiger partial charge in [0.1, 0.15) is 0 Å². The van der Waals surface area contributed by atoms with Crippen LogP contribution in [0, 0.1) is 0 Å². The first kappa shape index (κ1) is 10.7. The molecule has 0 saturated heterocycles. The van der Waals surface area contributed by atoms with Crippen LogP contribution in [0.4, 0.5) is 0 Å². The lowest BCUT2D eigenvalue weighted by atomic mass is 10.2. The summed E-state index contributed by atoms with van der Waals surface area (Å²) in [4.78, 5) is 0. The predicted molar refractivity (Wildman–Crippen MR) is 43.2 cm³/mol. The van der Waals surface area contributed by atoms with Crippen molar-refractivity contribution in [2.45, 2.75) is 25.7 Å². The molecule has 0 fully saturated rings. The van der Waals surface area contributed by atoms with Gasteiger partial charge in [-0.1, -0.05) is 12.5 Å². The normalized spacial score (nSPS) is 11.4. The van der Waals surface area contributed by atoms with E-state index in [4.69, 9.17) is 0 Å². The fraction of sp³-hybridized carbons (Fsp3) is 0.714. The van der Waals surface area contributed by atoms with Crippen LogP contribution in [0.15, 0.2) is 12.7 Å². The van der Waals surface area contributed by atoms with Gasteiger partial charge in [0.2, 0.25) is 0 Å². The molecule has 0 amide bonds. The Hall–Kier alpha value is -0.350. The van der Waals surface area contributed by atoms with Crippen molar-refractivity contribution in [3.8, 4) is 0 Å². The van der Waals surface area contributed by atoms with Gasteiger partial charge in [-0.3, -0.25) is 0 Å². The van der Waals surface area contributed by atoms with Gasteiger partial charge in [-0.2, -0.15) is 0 Å². The molecule has 0 radical (unpaired) electrons. The Kier molecular flexibility index (Phi) is 5.15. The third-order valence-electron chi connectivity index (χ3n) is 1.30. The third-order valence-corrected chi connectivity index (χ3v) is 2.09. The van der Waals surface area contributed by atoms with E-state index in [1.165, 1.54) is 0 Å². The second-order valence-corrected chi connectivity index (χ2v) is 3.92. The zero-order valence-corrected chi connectivity index (χ0v) is 7.27. The van der Waals surface area contributed by atoms with Crippen molar-refractivity contribution in [3.05, 3.63) is 12.7 Å². The van der Waals surface area contributed by atoms with Gasteiger partial charge in [-0.05, 0) is 19.3 Å². The highest BCUT2D eigenvalue weighted by Crippen LogP contribution is 2.01. The van der Waals surface area contributed by atoms with Crippen LogP contribution in [0.5, 0.6) is 0 Å². The molecule has 0 aliphatic heterocycles. The second-order valence-electron chi connectivity index (χ2n) is 2.40. The molecule has 0 atom stereocenters. The van der Waals surface area contributed by atoms with Crippen LogP contribution < -0.4 is 0 Å². The van der Waals surface area contributed by atoms with Crippen LogP contribution in [-0.4, -0.2) is 18.7 Å². The summed E-state index contributed by atoms with van der Waals surface area (Å²) in [5.74, 6) is -0.232. The number of rotatable bonds is 6. The Morgan fingerprint density at radius 3 is 2.36 bits per heavy atom. The van der Waals surface area contributed by atoms with E-state index in [9.17, 15) is 13.0 Å². The molecule has 3 nitrogen and oxygen atoms in total. The largest absolute Gasteiger partial charge is 0.748 e. The molecule has 4 heteroatoms. The Labute approximate surface area is 67.9 Å². The van der Waals surface area contributed by atoms with Gasteiger partial charge in [-0.25, -0.2) is 8.42 Å². The van der Waals surface area contributed by atoms with E-state index in [1.807, 2.05) is 0 Å². The van der Waals surface area contributed by atoms with Crippen molar-refractivity contribution in [2.75, 3.05) is 5.75 Å². The van der Waals surface area contributed by atoms with E-state index in [2.05, 4.69) is 6.58 Å². The highest BCUT2D eigenvalue weighted by molar-refractivity contribution is 7.85. The average molecular weight is 177 g/mol. The average Bonchev–Trinajstić information content (AvgIpc) is 1.85. The van der Waals surface area contributed by atoms with E-state index < -0.39 is 10.1 Å². The van der Waals surface area contributed by atoms with E-state index in [-0.39, 0.29) is 5.75 Å². The van der Waals surface area contributed by atoms with Gasteiger partial charge in [0.15, 0.2) is 0 Å². The van der Waals surface area contributed by atoms with E-state index in [0.29, 0.717) is 6.42 Å². The summed E-state index contributed by atoms with van der Waals surface area (Å²) in [7, 11) is -3.99. The van der Waals surface area contributed by atoms with Gasteiger partial charge >= 0.3 is 0 Å². The summed E-state index contributed by atoms with van der Waals surface area (Å²) < 4.78 is 30.3. The summed E-state index contributed by atoms with van der Waals surface area (Å²) in [5, 5.41) is 0. The maximum Gasteiger partial charge on any atom is 0.0945 e. The lowest BCUT2D eigenvalue weighted by Crippen LogP contribution is -2.03. The minimum Gasteiger partial charge on any atom is -0.748 e. The molecule has 0 unspecified atom stereocenters. The minimum atomic E-state index is -3.99. The van der Waals surface area contributed by atoms with E-state index in [1.54, 1.807) is 6.08 Å². The van der Waals surface area contributed by atoms with Crippen molar-refractivity contribution in [1.29, 1.82) is 0 Å². The lowest BCUT2D eigenvalue weighted by Gasteiger charge is -2.04. The molecule has 0 saturated carbocycles. The molecule has 0 rings (SSSR count). The first-order valence-electron chi connectivity index (χ1n) is 3.61. The summed E-state index contributed by atoms with van der Waals surface area (Å²) in [5.41, 5.74) is 0. The second kappa shape index (κ2) is 5.32. The smallest absolute Gasteiger partial charge is 0.0945 e. The number of hydrogen-bond acceptors (Lipinski definition) is 3. The molecule has 0 heterocycles. The molecule has 0 aliphatic carbocycles. The molecule has 0 spiro atoms. The SMILES string of the molecule is C=CCCCCCS(=O)(=O)[O-]. The summed E-state index contributed by atoms with van der Waals surface area (Å²) in [6, 6.07) is 0. The molecule has 0 N–H and O–H groups in total. The highest BCUT2D eigenvalue weighted by Gasteiger charge is 1.93. The van der Waals surface area contributed by atoms with Crippen LogP contribution in [0.3, 0.4) is 0 Å². The fourth-order valence-corrected chi connectivity index (χ4v) is 1.30. The van der Waals surface area contributed by atoms with Crippen molar-refractivity contribution >= 4 is 10.1 Å². The molecule has 66 valence electrons. The van der Waals surface area contributed by atoms with Gasteiger partial charge in [0.05, 0.1) is 10.1 Å². The minimum absolute atomic E-state index is 0.232.